The molecule has 0 saturated carbocycles. The molecule has 0 aliphatic rings. The first-order valence-electron chi connectivity index (χ1n) is 11.8. The molecule has 0 amide bonds. The van der Waals surface area contributed by atoms with Crippen LogP contribution in [0, 0.1) is 12.8 Å². The summed E-state index contributed by atoms with van der Waals surface area (Å²) in [5, 5.41) is 9.96. The Balaban J connectivity index is 0.00000481. The van der Waals surface area contributed by atoms with Crippen LogP contribution in [0.25, 0.3) is 10.2 Å². The summed E-state index contributed by atoms with van der Waals surface area (Å²) >= 11 is 0.988. The lowest BCUT2D eigenvalue weighted by molar-refractivity contribution is -0.146. The minimum Gasteiger partial charge on any atom is -0.480 e. The van der Waals surface area contributed by atoms with Crippen molar-refractivity contribution >= 4 is 47.0 Å². The number of hydrogen-bond acceptors (Lipinski definition) is 7. The maximum absolute atomic E-state index is 13.8. The Hall–Kier alpha value is -2.89. The van der Waals surface area contributed by atoms with Gasteiger partial charge in [-0.3, -0.25) is 9.36 Å². The molecule has 0 bridgehead atoms. The zero-order chi connectivity index (χ0) is 26.8. The maximum atomic E-state index is 13.8. The highest BCUT2D eigenvalue weighted by molar-refractivity contribution is 7.59. The van der Waals surface area contributed by atoms with Gasteiger partial charge in [-0.2, -0.15) is 13.5 Å². The van der Waals surface area contributed by atoms with Gasteiger partial charge in [-0.05, 0) is 44.7 Å². The minimum absolute atomic E-state index is 0. The molecule has 0 radical (unpaired) electrons. The van der Waals surface area contributed by atoms with Crippen LogP contribution in [0.15, 0.2) is 39.9 Å². The SMILES string of the molecule is CCOC(=O)c1sc2c(c1C)c(=O)n(C(C)(C)C(=O)O)c(=O)n2C[C@@H](OCC(C)C)c1ccccc1.S. The number of hydrogen-bond donors (Lipinski definition) is 1. The Morgan fingerprint density at radius 3 is 2.30 bits per heavy atom. The van der Waals surface area contributed by atoms with E-state index in [0.29, 0.717) is 12.2 Å². The third-order valence-corrected chi connectivity index (χ3v) is 7.20. The van der Waals surface area contributed by atoms with Crippen molar-refractivity contribution in [2.45, 2.75) is 59.7 Å². The predicted molar refractivity (Wildman–Crippen MR) is 148 cm³/mol. The summed E-state index contributed by atoms with van der Waals surface area (Å²) in [6.07, 6.45) is -0.554. The lowest BCUT2D eigenvalue weighted by atomic mass is 10.1. The second kappa shape index (κ2) is 12.1. The highest BCUT2D eigenvalue weighted by atomic mass is 32.1. The van der Waals surface area contributed by atoms with E-state index in [4.69, 9.17) is 9.47 Å². The van der Waals surface area contributed by atoms with Gasteiger partial charge in [0.25, 0.3) is 5.56 Å². The first kappa shape index (κ1) is 30.3. The lowest BCUT2D eigenvalue weighted by Crippen LogP contribution is -2.52. The molecule has 202 valence electrons. The third-order valence-electron chi connectivity index (χ3n) is 5.91. The van der Waals surface area contributed by atoms with Crippen LogP contribution in [0.1, 0.15) is 61.5 Å². The Bertz CT molecular complexity index is 1390. The van der Waals surface area contributed by atoms with Crippen molar-refractivity contribution in [2.24, 2.45) is 5.92 Å². The van der Waals surface area contributed by atoms with Gasteiger partial charge in [0.1, 0.15) is 21.4 Å². The van der Waals surface area contributed by atoms with Crippen molar-refractivity contribution in [3.05, 3.63) is 67.2 Å². The molecular formula is C26H34N2O7S2. The normalized spacial score (nSPS) is 12.4. The number of rotatable bonds is 10. The van der Waals surface area contributed by atoms with Gasteiger partial charge in [0.15, 0.2) is 0 Å². The zero-order valence-electron chi connectivity index (χ0n) is 21.9. The molecule has 3 aromatic rings. The molecule has 2 aromatic heterocycles. The van der Waals surface area contributed by atoms with Crippen molar-refractivity contribution in [2.75, 3.05) is 13.2 Å². The van der Waals surface area contributed by atoms with Crippen molar-refractivity contribution in [3.8, 4) is 0 Å². The summed E-state index contributed by atoms with van der Waals surface area (Å²) in [6, 6.07) is 9.36. The molecule has 37 heavy (non-hydrogen) atoms. The zero-order valence-corrected chi connectivity index (χ0v) is 23.7. The number of benzene rings is 1. The Morgan fingerprint density at radius 2 is 1.76 bits per heavy atom. The van der Waals surface area contributed by atoms with E-state index in [2.05, 4.69) is 0 Å². The molecule has 0 saturated heterocycles. The Morgan fingerprint density at radius 1 is 1.14 bits per heavy atom. The van der Waals surface area contributed by atoms with E-state index >= 15 is 0 Å². The van der Waals surface area contributed by atoms with Crippen LogP contribution in [0.5, 0.6) is 0 Å². The number of esters is 1. The molecule has 3 rings (SSSR count). The second-order valence-corrected chi connectivity index (χ2v) is 10.5. The molecule has 1 N–H and O–H groups in total. The van der Waals surface area contributed by atoms with E-state index in [1.165, 1.54) is 18.4 Å². The number of aryl methyl sites for hydroxylation is 1. The van der Waals surface area contributed by atoms with Crippen LogP contribution in [0.2, 0.25) is 0 Å². The standard InChI is InChI=1S/C26H32N2O7S.H2S/c1-7-34-23(30)20-16(4)19-21(29)28(26(5,6)24(31)32)25(33)27(22(19)36-20)13-18(35-14-15(2)3)17-11-9-8-10-12-17;/h8-12,15,18H,7,13-14H2,1-6H3,(H,31,32);1H2/t18-;/m1./s1. The van der Waals surface area contributed by atoms with Gasteiger partial charge in [-0.1, -0.05) is 44.2 Å². The smallest absolute Gasteiger partial charge is 0.348 e. The van der Waals surface area contributed by atoms with E-state index in [9.17, 15) is 24.3 Å². The Kier molecular flexibility index (Phi) is 9.92. The van der Waals surface area contributed by atoms with E-state index < -0.39 is 34.8 Å². The summed E-state index contributed by atoms with van der Waals surface area (Å²) in [6.45, 7) is 10.5. The van der Waals surface area contributed by atoms with E-state index in [1.54, 1.807) is 13.8 Å². The van der Waals surface area contributed by atoms with Crippen LogP contribution in [0.4, 0.5) is 0 Å². The van der Waals surface area contributed by atoms with Crippen LogP contribution in [-0.4, -0.2) is 39.4 Å². The number of carbonyl (C=O) groups excluding carboxylic acids is 1. The number of ether oxygens (including phenoxy) is 2. The number of thiophene rings is 1. The number of nitrogens with zero attached hydrogens (tertiary/aromatic N) is 2. The summed E-state index contributed by atoms with van der Waals surface area (Å²) < 4.78 is 13.4. The molecular weight excluding hydrogens is 516 g/mol. The van der Waals surface area contributed by atoms with E-state index in [-0.39, 0.29) is 47.7 Å². The highest BCUT2D eigenvalue weighted by Gasteiger charge is 2.36. The average molecular weight is 551 g/mol. The van der Waals surface area contributed by atoms with Gasteiger partial charge in [0.2, 0.25) is 0 Å². The number of aromatic nitrogens is 2. The monoisotopic (exact) mass is 550 g/mol. The van der Waals surface area contributed by atoms with Gasteiger partial charge < -0.3 is 14.6 Å². The molecule has 0 unspecified atom stereocenters. The number of carboxylic acid groups (broad SMARTS) is 1. The summed E-state index contributed by atoms with van der Waals surface area (Å²) in [5.41, 5.74) is -2.20. The van der Waals surface area contributed by atoms with Gasteiger partial charge in [0.05, 0.1) is 18.5 Å². The maximum Gasteiger partial charge on any atom is 0.348 e. The lowest BCUT2D eigenvalue weighted by Gasteiger charge is -2.25. The van der Waals surface area contributed by atoms with Crippen LogP contribution < -0.4 is 11.2 Å². The average Bonchev–Trinajstić information content (AvgIpc) is 3.16. The molecule has 0 aliphatic carbocycles. The summed E-state index contributed by atoms with van der Waals surface area (Å²) in [4.78, 5) is 52.5. The van der Waals surface area contributed by atoms with Gasteiger partial charge in [-0.25, -0.2) is 19.0 Å². The fraction of sp³-hybridized carbons (Fsp3) is 0.462. The molecule has 11 heteroatoms. The predicted octanol–water partition coefficient (Wildman–Crippen LogP) is 4.06. The second-order valence-electron chi connectivity index (χ2n) is 9.48. The van der Waals surface area contributed by atoms with Crippen molar-refractivity contribution < 1.29 is 24.2 Å². The van der Waals surface area contributed by atoms with Gasteiger partial charge in [0, 0.05) is 6.61 Å². The van der Waals surface area contributed by atoms with Crippen molar-refractivity contribution in [1.29, 1.82) is 0 Å². The first-order chi connectivity index (χ1) is 16.9. The van der Waals surface area contributed by atoms with Crippen molar-refractivity contribution in [3.63, 3.8) is 0 Å². The molecule has 9 nitrogen and oxygen atoms in total. The largest absolute Gasteiger partial charge is 0.480 e. The number of fused-ring (bicyclic) bond motifs is 1. The summed E-state index contributed by atoms with van der Waals surface area (Å²) in [7, 11) is 0. The molecule has 0 spiro atoms. The fourth-order valence-corrected chi connectivity index (χ4v) is 5.08. The molecule has 0 aliphatic heterocycles. The van der Waals surface area contributed by atoms with Crippen LogP contribution in [-0.2, 0) is 26.4 Å². The topological polar surface area (TPSA) is 117 Å². The van der Waals surface area contributed by atoms with Crippen molar-refractivity contribution in [1.82, 2.24) is 9.13 Å². The molecule has 2 heterocycles. The van der Waals surface area contributed by atoms with Gasteiger partial charge in [-0.15, -0.1) is 11.3 Å². The van der Waals surface area contributed by atoms with Gasteiger partial charge >= 0.3 is 17.6 Å². The van der Waals surface area contributed by atoms with E-state index in [0.717, 1.165) is 21.5 Å². The number of aliphatic carboxylic acids is 1. The Labute approximate surface area is 226 Å². The third kappa shape index (κ3) is 6.00. The quantitative estimate of drug-likeness (QED) is 0.379. The molecule has 1 aromatic carbocycles. The van der Waals surface area contributed by atoms with E-state index in [1.807, 2.05) is 44.2 Å². The molecule has 1 atom stereocenters. The highest BCUT2D eigenvalue weighted by Crippen LogP contribution is 2.31. The molecule has 0 fully saturated rings. The van der Waals surface area contributed by atoms with Crippen LogP contribution >= 0.6 is 24.8 Å². The summed E-state index contributed by atoms with van der Waals surface area (Å²) in [5.74, 6) is -1.71. The number of carbonyl (C=O) groups is 2. The minimum atomic E-state index is -1.83. The fourth-order valence-electron chi connectivity index (χ4n) is 3.88. The van der Waals surface area contributed by atoms with Crippen LogP contribution in [0.3, 0.4) is 0 Å². The first-order valence-corrected chi connectivity index (χ1v) is 12.6. The number of carboxylic acids is 1.